The van der Waals surface area contributed by atoms with Crippen molar-refractivity contribution in [3.8, 4) is 33.4 Å². The number of furan rings is 1. The fraction of sp³-hybridized carbons (Fsp3) is 0. The molecule has 208 valence electrons. The molecule has 8 aromatic rings. The second kappa shape index (κ2) is 11.1. The van der Waals surface area contributed by atoms with E-state index in [-0.39, 0.29) is 0 Å². The van der Waals surface area contributed by atoms with E-state index in [4.69, 9.17) is 4.42 Å². The van der Waals surface area contributed by atoms with Gasteiger partial charge in [-0.3, -0.25) is 0 Å². The maximum Gasteiger partial charge on any atom is 0.145 e. The highest BCUT2D eigenvalue weighted by molar-refractivity contribution is 6.17. The van der Waals surface area contributed by atoms with E-state index in [9.17, 15) is 0 Å². The standard InChI is InChI=1S/C42H29NO/c1-4-13-30(14-5-1)31-23-25-32(26-24-31)34-17-12-20-36(29-34)43(35-18-8-3-9-19-35)39-28-27-37(33-15-6-2-7-16-33)42-41(39)38-21-10-11-22-40(38)44-42/h1-29H. The second-order valence-corrected chi connectivity index (χ2v) is 11.0. The summed E-state index contributed by atoms with van der Waals surface area (Å²) in [5.41, 5.74) is 12.0. The van der Waals surface area contributed by atoms with Crippen LogP contribution in [0.3, 0.4) is 0 Å². The summed E-state index contributed by atoms with van der Waals surface area (Å²) in [6, 6.07) is 62.0. The lowest BCUT2D eigenvalue weighted by Crippen LogP contribution is -2.10. The topological polar surface area (TPSA) is 16.4 Å². The van der Waals surface area contributed by atoms with Crippen molar-refractivity contribution in [3.63, 3.8) is 0 Å². The number of benzene rings is 7. The number of nitrogens with zero attached hydrogens (tertiary/aromatic N) is 1. The van der Waals surface area contributed by atoms with Gasteiger partial charge < -0.3 is 9.32 Å². The van der Waals surface area contributed by atoms with Gasteiger partial charge in [-0.1, -0.05) is 133 Å². The Morgan fingerprint density at radius 2 is 0.932 bits per heavy atom. The summed E-state index contributed by atoms with van der Waals surface area (Å²) < 4.78 is 6.61. The molecule has 0 aliphatic carbocycles. The smallest absolute Gasteiger partial charge is 0.145 e. The minimum atomic E-state index is 0.882. The van der Waals surface area contributed by atoms with Crippen LogP contribution in [0.4, 0.5) is 17.1 Å². The van der Waals surface area contributed by atoms with E-state index in [1.165, 1.54) is 16.7 Å². The van der Waals surface area contributed by atoms with Gasteiger partial charge in [0.2, 0.25) is 0 Å². The number of rotatable bonds is 6. The Labute approximate surface area is 257 Å². The summed E-state index contributed by atoms with van der Waals surface area (Å²) in [7, 11) is 0. The van der Waals surface area contributed by atoms with Crippen LogP contribution in [-0.2, 0) is 0 Å². The molecule has 0 aliphatic rings. The average Bonchev–Trinajstić information content (AvgIpc) is 3.50. The van der Waals surface area contributed by atoms with E-state index in [0.717, 1.165) is 55.7 Å². The Hall–Kier alpha value is -5.86. The molecule has 0 spiro atoms. The highest BCUT2D eigenvalue weighted by atomic mass is 16.3. The monoisotopic (exact) mass is 563 g/mol. The lowest BCUT2D eigenvalue weighted by atomic mass is 9.98. The number of hydrogen-bond acceptors (Lipinski definition) is 2. The maximum atomic E-state index is 6.61. The van der Waals surface area contributed by atoms with E-state index in [1.807, 2.05) is 12.1 Å². The normalized spacial score (nSPS) is 11.2. The van der Waals surface area contributed by atoms with Crippen molar-refractivity contribution in [3.05, 3.63) is 176 Å². The van der Waals surface area contributed by atoms with E-state index in [0.29, 0.717) is 0 Å². The van der Waals surface area contributed by atoms with Crippen LogP contribution in [0.25, 0.3) is 55.3 Å². The first kappa shape index (κ1) is 25.8. The molecule has 0 bridgehead atoms. The van der Waals surface area contributed by atoms with E-state index in [2.05, 4.69) is 169 Å². The third kappa shape index (κ3) is 4.63. The molecule has 0 saturated heterocycles. The third-order valence-corrected chi connectivity index (χ3v) is 8.27. The Balaban J connectivity index is 1.31. The molecule has 1 aromatic heterocycles. The Bertz CT molecular complexity index is 2200. The fourth-order valence-electron chi connectivity index (χ4n) is 6.16. The first-order chi connectivity index (χ1) is 21.8. The Kier molecular flexibility index (Phi) is 6.51. The predicted octanol–water partition coefficient (Wildman–Crippen LogP) is 12.1. The third-order valence-electron chi connectivity index (χ3n) is 8.27. The van der Waals surface area contributed by atoms with Crippen molar-refractivity contribution in [2.45, 2.75) is 0 Å². The summed E-state index contributed by atoms with van der Waals surface area (Å²) in [4.78, 5) is 2.35. The van der Waals surface area contributed by atoms with Crippen molar-refractivity contribution in [1.29, 1.82) is 0 Å². The number of anilines is 3. The maximum absolute atomic E-state index is 6.61. The summed E-state index contributed by atoms with van der Waals surface area (Å²) in [5, 5.41) is 2.20. The van der Waals surface area contributed by atoms with Gasteiger partial charge in [0.05, 0.1) is 11.1 Å². The van der Waals surface area contributed by atoms with Crippen LogP contribution >= 0.6 is 0 Å². The molecule has 0 atom stereocenters. The molecule has 7 aromatic carbocycles. The van der Waals surface area contributed by atoms with Crippen LogP contribution < -0.4 is 4.90 Å². The van der Waals surface area contributed by atoms with Crippen molar-refractivity contribution in [2.24, 2.45) is 0 Å². The van der Waals surface area contributed by atoms with Gasteiger partial charge in [0.1, 0.15) is 11.2 Å². The van der Waals surface area contributed by atoms with Crippen molar-refractivity contribution < 1.29 is 4.42 Å². The molecule has 8 rings (SSSR count). The number of fused-ring (bicyclic) bond motifs is 3. The molecule has 0 saturated carbocycles. The van der Waals surface area contributed by atoms with Gasteiger partial charge in [-0.25, -0.2) is 0 Å². The quantitative estimate of drug-likeness (QED) is 0.200. The van der Waals surface area contributed by atoms with E-state index >= 15 is 0 Å². The SMILES string of the molecule is c1ccc(-c2ccc(-c3cccc(N(c4ccccc4)c4ccc(-c5ccccc5)c5oc6ccccc6c45)c3)cc2)cc1. The number of hydrogen-bond donors (Lipinski definition) is 0. The summed E-state index contributed by atoms with van der Waals surface area (Å²) in [6.45, 7) is 0. The zero-order valence-electron chi connectivity index (χ0n) is 24.1. The molecule has 0 N–H and O–H groups in total. The highest BCUT2D eigenvalue weighted by Crippen LogP contribution is 2.46. The minimum Gasteiger partial charge on any atom is -0.455 e. The molecule has 0 fully saturated rings. The van der Waals surface area contributed by atoms with Crippen LogP contribution in [0.1, 0.15) is 0 Å². The highest BCUT2D eigenvalue weighted by Gasteiger charge is 2.22. The van der Waals surface area contributed by atoms with Gasteiger partial charge >= 0.3 is 0 Å². The van der Waals surface area contributed by atoms with Gasteiger partial charge in [-0.05, 0) is 70.3 Å². The van der Waals surface area contributed by atoms with Crippen molar-refractivity contribution in [2.75, 3.05) is 4.90 Å². The molecule has 0 radical (unpaired) electrons. The minimum absolute atomic E-state index is 0.882. The van der Waals surface area contributed by atoms with Crippen LogP contribution in [0.15, 0.2) is 180 Å². The zero-order chi connectivity index (χ0) is 29.3. The van der Waals surface area contributed by atoms with Gasteiger partial charge in [0.15, 0.2) is 0 Å². The summed E-state index contributed by atoms with van der Waals surface area (Å²) in [6.07, 6.45) is 0. The molecule has 1 heterocycles. The summed E-state index contributed by atoms with van der Waals surface area (Å²) in [5.74, 6) is 0. The average molecular weight is 564 g/mol. The Morgan fingerprint density at radius 1 is 0.386 bits per heavy atom. The predicted molar refractivity (Wildman–Crippen MR) is 185 cm³/mol. The fourth-order valence-corrected chi connectivity index (χ4v) is 6.16. The van der Waals surface area contributed by atoms with Crippen LogP contribution in [0.2, 0.25) is 0 Å². The van der Waals surface area contributed by atoms with Gasteiger partial charge in [-0.2, -0.15) is 0 Å². The molecule has 0 aliphatic heterocycles. The lowest BCUT2D eigenvalue weighted by Gasteiger charge is -2.27. The molecule has 2 heteroatoms. The van der Waals surface area contributed by atoms with Crippen molar-refractivity contribution in [1.82, 2.24) is 0 Å². The van der Waals surface area contributed by atoms with Crippen LogP contribution in [-0.4, -0.2) is 0 Å². The van der Waals surface area contributed by atoms with Gasteiger partial charge in [0.25, 0.3) is 0 Å². The zero-order valence-corrected chi connectivity index (χ0v) is 24.1. The molecule has 2 nitrogen and oxygen atoms in total. The van der Waals surface area contributed by atoms with E-state index < -0.39 is 0 Å². The molecular weight excluding hydrogens is 534 g/mol. The first-order valence-electron chi connectivity index (χ1n) is 14.9. The second-order valence-electron chi connectivity index (χ2n) is 11.0. The lowest BCUT2D eigenvalue weighted by molar-refractivity contribution is 0.670. The van der Waals surface area contributed by atoms with Crippen LogP contribution in [0, 0.1) is 0 Å². The molecular formula is C42H29NO. The largest absolute Gasteiger partial charge is 0.455 e. The molecule has 44 heavy (non-hydrogen) atoms. The molecule has 0 unspecified atom stereocenters. The Morgan fingerprint density at radius 3 is 1.66 bits per heavy atom. The van der Waals surface area contributed by atoms with Gasteiger partial charge in [-0.15, -0.1) is 0 Å². The first-order valence-corrected chi connectivity index (χ1v) is 14.9. The molecule has 0 amide bonds. The number of para-hydroxylation sites is 2. The van der Waals surface area contributed by atoms with Crippen LogP contribution in [0.5, 0.6) is 0 Å². The van der Waals surface area contributed by atoms with Crippen molar-refractivity contribution >= 4 is 39.0 Å². The van der Waals surface area contributed by atoms with E-state index in [1.54, 1.807) is 0 Å². The summed E-state index contributed by atoms with van der Waals surface area (Å²) >= 11 is 0. The van der Waals surface area contributed by atoms with Gasteiger partial charge in [0, 0.05) is 22.3 Å².